The Morgan fingerprint density at radius 2 is 1.74 bits per heavy atom. The minimum Gasteiger partial charge on any atom is -0.452 e. The Bertz CT molecular complexity index is 945. The predicted molar refractivity (Wildman–Crippen MR) is 107 cm³/mol. The first-order chi connectivity index (χ1) is 13.2. The number of benzene rings is 2. The van der Waals surface area contributed by atoms with Crippen LogP contribution in [0, 0.1) is 0 Å². The number of rotatable bonds is 6. The van der Waals surface area contributed by atoms with Crippen molar-refractivity contribution in [1.82, 2.24) is 4.98 Å². The summed E-state index contributed by atoms with van der Waals surface area (Å²) in [6.45, 7) is -0.370. The van der Waals surface area contributed by atoms with Crippen LogP contribution in [0.3, 0.4) is 0 Å². The highest BCUT2D eigenvalue weighted by atomic mass is 32.2. The van der Waals surface area contributed by atoms with E-state index in [4.69, 9.17) is 4.74 Å². The molecule has 0 atom stereocenters. The number of nitrogens with one attached hydrogen (secondary N) is 1. The smallest absolute Gasteiger partial charge is 0.341 e. The number of carbonyl (C=O) groups is 2. The number of anilines is 1. The van der Waals surface area contributed by atoms with E-state index in [1.807, 2.05) is 60.9 Å². The van der Waals surface area contributed by atoms with Gasteiger partial charge in [-0.15, -0.1) is 11.8 Å². The van der Waals surface area contributed by atoms with Crippen LogP contribution in [0.1, 0.15) is 10.4 Å². The van der Waals surface area contributed by atoms with E-state index in [1.165, 1.54) is 11.8 Å². The predicted octanol–water partition coefficient (Wildman–Crippen LogP) is 4.27. The maximum absolute atomic E-state index is 12.3. The Kier molecular flexibility index (Phi) is 6.22. The summed E-state index contributed by atoms with van der Waals surface area (Å²) >= 11 is 1.35. The zero-order chi connectivity index (χ0) is 19.1. The summed E-state index contributed by atoms with van der Waals surface area (Å²) in [5.41, 5.74) is 2.90. The van der Waals surface area contributed by atoms with Gasteiger partial charge < -0.3 is 10.1 Å². The van der Waals surface area contributed by atoms with Crippen LogP contribution in [0.5, 0.6) is 0 Å². The number of thioether (sulfide) groups is 1. The third-order valence-corrected chi connectivity index (χ3v) is 4.52. The van der Waals surface area contributed by atoms with Gasteiger partial charge in [0.25, 0.3) is 5.91 Å². The van der Waals surface area contributed by atoms with Crippen molar-refractivity contribution < 1.29 is 14.3 Å². The van der Waals surface area contributed by atoms with Crippen molar-refractivity contribution in [1.29, 1.82) is 0 Å². The molecule has 0 bridgehead atoms. The van der Waals surface area contributed by atoms with Gasteiger partial charge in [0.15, 0.2) is 6.61 Å². The molecule has 136 valence electrons. The van der Waals surface area contributed by atoms with Gasteiger partial charge in [0.2, 0.25) is 0 Å². The van der Waals surface area contributed by atoms with Crippen molar-refractivity contribution in [2.24, 2.45) is 0 Å². The molecule has 0 spiro atoms. The monoisotopic (exact) mass is 378 g/mol. The van der Waals surface area contributed by atoms with E-state index in [2.05, 4.69) is 10.3 Å². The molecule has 2 aromatic carbocycles. The van der Waals surface area contributed by atoms with Gasteiger partial charge in [-0.1, -0.05) is 48.5 Å². The number of ether oxygens (including phenoxy) is 1. The van der Waals surface area contributed by atoms with Gasteiger partial charge >= 0.3 is 5.97 Å². The normalized spacial score (nSPS) is 10.3. The van der Waals surface area contributed by atoms with Crippen LogP contribution in [0.15, 0.2) is 78.0 Å². The van der Waals surface area contributed by atoms with Gasteiger partial charge in [-0.3, -0.25) is 4.79 Å². The Morgan fingerprint density at radius 3 is 2.52 bits per heavy atom. The number of carbonyl (C=O) groups excluding carboxylic acids is 2. The summed E-state index contributed by atoms with van der Waals surface area (Å²) in [7, 11) is 0. The highest BCUT2D eigenvalue weighted by Gasteiger charge is 2.15. The van der Waals surface area contributed by atoms with E-state index < -0.39 is 11.9 Å². The molecule has 0 unspecified atom stereocenters. The summed E-state index contributed by atoms with van der Waals surface area (Å²) in [6.07, 6.45) is 3.43. The van der Waals surface area contributed by atoms with Crippen LogP contribution in [0.25, 0.3) is 11.1 Å². The number of para-hydroxylation sites is 1. The number of esters is 1. The van der Waals surface area contributed by atoms with E-state index in [1.54, 1.807) is 18.3 Å². The van der Waals surface area contributed by atoms with E-state index in [0.29, 0.717) is 16.3 Å². The minimum absolute atomic E-state index is 0.350. The van der Waals surface area contributed by atoms with Crippen LogP contribution in [0.2, 0.25) is 0 Å². The highest BCUT2D eigenvalue weighted by molar-refractivity contribution is 7.98. The fourth-order valence-corrected chi connectivity index (χ4v) is 3.10. The highest BCUT2D eigenvalue weighted by Crippen LogP contribution is 2.27. The molecule has 0 fully saturated rings. The lowest BCUT2D eigenvalue weighted by Crippen LogP contribution is -2.21. The first-order valence-corrected chi connectivity index (χ1v) is 9.52. The van der Waals surface area contributed by atoms with E-state index in [9.17, 15) is 9.59 Å². The summed E-state index contributed by atoms with van der Waals surface area (Å²) < 4.78 is 5.15. The van der Waals surface area contributed by atoms with Crippen molar-refractivity contribution in [3.8, 4) is 11.1 Å². The molecule has 27 heavy (non-hydrogen) atoms. The SMILES string of the molecule is CSc1ncccc1C(=O)OCC(=O)Nc1ccccc1-c1ccccc1. The molecule has 0 saturated heterocycles. The first kappa shape index (κ1) is 18.7. The van der Waals surface area contributed by atoms with Gasteiger partial charge in [-0.05, 0) is 30.0 Å². The number of pyridine rings is 1. The van der Waals surface area contributed by atoms with Crippen LogP contribution < -0.4 is 5.32 Å². The Hall–Kier alpha value is -3.12. The van der Waals surface area contributed by atoms with Crippen molar-refractivity contribution in [3.05, 3.63) is 78.5 Å². The number of hydrogen-bond acceptors (Lipinski definition) is 5. The molecule has 1 amide bonds. The average molecular weight is 378 g/mol. The standard InChI is InChI=1S/C21H18N2O3S/c1-27-20-17(11-7-13-22-20)21(25)26-14-19(24)23-18-12-6-5-10-16(18)15-8-3-2-4-9-15/h2-13H,14H2,1H3,(H,23,24). The Balaban J connectivity index is 1.66. The van der Waals surface area contributed by atoms with Gasteiger partial charge in [0.05, 0.1) is 5.56 Å². The molecule has 0 saturated carbocycles. The molecule has 3 rings (SSSR count). The Labute approximate surface area is 161 Å². The van der Waals surface area contributed by atoms with Crippen LogP contribution >= 0.6 is 11.8 Å². The molecule has 0 aliphatic carbocycles. The molecule has 1 heterocycles. The quantitative estimate of drug-likeness (QED) is 0.513. The molecular weight excluding hydrogens is 360 g/mol. The second-order valence-electron chi connectivity index (χ2n) is 5.60. The Morgan fingerprint density at radius 1 is 1.00 bits per heavy atom. The van der Waals surface area contributed by atoms with Gasteiger partial charge in [0.1, 0.15) is 5.03 Å². The summed E-state index contributed by atoms with van der Waals surface area (Å²) in [5, 5.41) is 3.37. The minimum atomic E-state index is -0.570. The number of hydrogen-bond donors (Lipinski definition) is 1. The third kappa shape index (κ3) is 4.74. The molecule has 0 aliphatic heterocycles. The van der Waals surface area contributed by atoms with Crippen molar-refractivity contribution in [2.75, 3.05) is 18.2 Å². The van der Waals surface area contributed by atoms with Crippen molar-refractivity contribution in [2.45, 2.75) is 5.03 Å². The lowest BCUT2D eigenvalue weighted by molar-refractivity contribution is -0.119. The summed E-state index contributed by atoms with van der Waals surface area (Å²) in [6, 6.07) is 20.5. The maximum Gasteiger partial charge on any atom is 0.341 e. The lowest BCUT2D eigenvalue weighted by Gasteiger charge is -2.12. The zero-order valence-electron chi connectivity index (χ0n) is 14.7. The van der Waals surface area contributed by atoms with Crippen LogP contribution in [-0.4, -0.2) is 29.7 Å². The fraction of sp³-hybridized carbons (Fsp3) is 0.0952. The second kappa shape index (κ2) is 9.00. The summed E-state index contributed by atoms with van der Waals surface area (Å²) in [5.74, 6) is -0.972. The van der Waals surface area contributed by atoms with Crippen molar-refractivity contribution >= 4 is 29.3 Å². The van der Waals surface area contributed by atoms with Gasteiger partial charge in [-0.2, -0.15) is 0 Å². The average Bonchev–Trinajstić information content (AvgIpc) is 2.73. The zero-order valence-corrected chi connectivity index (χ0v) is 15.5. The fourth-order valence-electron chi connectivity index (χ4n) is 2.57. The van der Waals surface area contributed by atoms with E-state index in [0.717, 1.165) is 11.1 Å². The van der Waals surface area contributed by atoms with Crippen LogP contribution in [0.4, 0.5) is 5.69 Å². The topological polar surface area (TPSA) is 68.3 Å². The maximum atomic E-state index is 12.3. The van der Waals surface area contributed by atoms with E-state index >= 15 is 0 Å². The second-order valence-corrected chi connectivity index (χ2v) is 6.39. The molecule has 5 nitrogen and oxygen atoms in total. The largest absolute Gasteiger partial charge is 0.452 e. The molecule has 0 aliphatic rings. The van der Waals surface area contributed by atoms with Gasteiger partial charge in [0, 0.05) is 17.4 Å². The molecular formula is C21H18N2O3S. The van der Waals surface area contributed by atoms with Crippen molar-refractivity contribution in [3.63, 3.8) is 0 Å². The molecule has 1 aromatic heterocycles. The molecule has 0 radical (unpaired) electrons. The first-order valence-electron chi connectivity index (χ1n) is 8.29. The molecule has 6 heteroatoms. The van der Waals surface area contributed by atoms with Gasteiger partial charge in [-0.25, -0.2) is 9.78 Å². The molecule has 1 N–H and O–H groups in total. The van der Waals surface area contributed by atoms with E-state index in [-0.39, 0.29) is 6.61 Å². The number of nitrogens with zero attached hydrogens (tertiary/aromatic N) is 1. The van der Waals surface area contributed by atoms with Crippen LogP contribution in [-0.2, 0) is 9.53 Å². The lowest BCUT2D eigenvalue weighted by atomic mass is 10.0. The number of aromatic nitrogens is 1. The molecule has 3 aromatic rings. The third-order valence-electron chi connectivity index (χ3n) is 3.80. The summed E-state index contributed by atoms with van der Waals surface area (Å²) in [4.78, 5) is 28.6. The number of amides is 1.